The molecule has 1 N–H and O–H groups in total. The van der Waals surface area contributed by atoms with Crippen LogP contribution in [0.1, 0.15) is 24.8 Å². The van der Waals surface area contributed by atoms with Gasteiger partial charge in [-0.25, -0.2) is 4.79 Å². The lowest BCUT2D eigenvalue weighted by molar-refractivity contribution is -0.129. The maximum absolute atomic E-state index is 12.5. The lowest BCUT2D eigenvalue weighted by Crippen LogP contribution is -2.57. The Morgan fingerprint density at radius 1 is 1.43 bits per heavy atom. The summed E-state index contributed by atoms with van der Waals surface area (Å²) in [5.74, 6) is 0.386. The lowest BCUT2D eigenvalue weighted by Gasteiger charge is -2.43. The van der Waals surface area contributed by atoms with Gasteiger partial charge in [-0.1, -0.05) is 36.8 Å². The SMILES string of the molecule is COC[C@H]1CCC[C@]12CN(C(=O)NCc1ccccc1)CCO2. The normalized spacial score (nSPS) is 27.3. The van der Waals surface area contributed by atoms with Crippen LogP contribution in [0.5, 0.6) is 0 Å². The van der Waals surface area contributed by atoms with Gasteiger partial charge in [0, 0.05) is 26.1 Å². The monoisotopic (exact) mass is 318 g/mol. The summed E-state index contributed by atoms with van der Waals surface area (Å²) in [6.45, 7) is 3.20. The maximum atomic E-state index is 12.5. The number of urea groups is 1. The summed E-state index contributed by atoms with van der Waals surface area (Å²) in [7, 11) is 1.74. The molecule has 1 heterocycles. The maximum Gasteiger partial charge on any atom is 0.317 e. The van der Waals surface area contributed by atoms with Gasteiger partial charge in [-0.15, -0.1) is 0 Å². The summed E-state index contributed by atoms with van der Waals surface area (Å²) >= 11 is 0. The van der Waals surface area contributed by atoms with Crippen LogP contribution in [0.3, 0.4) is 0 Å². The van der Waals surface area contributed by atoms with E-state index in [0.717, 1.165) is 24.8 Å². The molecule has 1 aromatic rings. The van der Waals surface area contributed by atoms with Crippen molar-refractivity contribution >= 4 is 6.03 Å². The average Bonchev–Trinajstić information content (AvgIpc) is 2.96. The first-order chi connectivity index (χ1) is 11.2. The molecule has 2 atom stereocenters. The standard InChI is InChI=1S/C18H26N2O3/c1-22-13-16-8-5-9-18(16)14-20(10-11-23-18)17(21)19-12-15-6-3-2-4-7-15/h2-4,6-7,16H,5,8-14H2,1H3,(H,19,21)/t16-,18+/m1/s1. The number of hydrogen-bond donors (Lipinski definition) is 1. The fraction of sp³-hybridized carbons (Fsp3) is 0.611. The molecule has 126 valence electrons. The van der Waals surface area contributed by atoms with Crippen LogP contribution in [0.15, 0.2) is 30.3 Å². The van der Waals surface area contributed by atoms with Crippen LogP contribution in [0.2, 0.25) is 0 Å². The van der Waals surface area contributed by atoms with Crippen LogP contribution in [-0.2, 0) is 16.0 Å². The average molecular weight is 318 g/mol. The van der Waals surface area contributed by atoms with Gasteiger partial charge >= 0.3 is 6.03 Å². The molecule has 3 rings (SSSR count). The van der Waals surface area contributed by atoms with Crippen molar-refractivity contribution in [2.45, 2.75) is 31.4 Å². The zero-order valence-electron chi connectivity index (χ0n) is 13.8. The Morgan fingerprint density at radius 2 is 2.26 bits per heavy atom. The summed E-state index contributed by atoms with van der Waals surface area (Å²) in [4.78, 5) is 14.4. The highest BCUT2D eigenvalue weighted by atomic mass is 16.5. The van der Waals surface area contributed by atoms with Crippen molar-refractivity contribution in [2.24, 2.45) is 5.92 Å². The summed E-state index contributed by atoms with van der Waals surface area (Å²) in [5.41, 5.74) is 0.903. The molecule has 23 heavy (non-hydrogen) atoms. The van der Waals surface area contributed by atoms with Gasteiger partial charge < -0.3 is 19.7 Å². The van der Waals surface area contributed by atoms with E-state index in [-0.39, 0.29) is 11.6 Å². The van der Waals surface area contributed by atoms with Crippen molar-refractivity contribution in [1.29, 1.82) is 0 Å². The quantitative estimate of drug-likeness (QED) is 0.927. The third-order valence-electron chi connectivity index (χ3n) is 5.05. The number of nitrogens with one attached hydrogen (secondary N) is 1. The number of benzene rings is 1. The van der Waals surface area contributed by atoms with Crippen LogP contribution < -0.4 is 5.32 Å². The Labute approximate surface area is 137 Å². The van der Waals surface area contributed by atoms with Gasteiger partial charge in [-0.2, -0.15) is 0 Å². The Hall–Kier alpha value is -1.59. The molecule has 1 aliphatic carbocycles. The number of ether oxygens (including phenoxy) is 2. The van der Waals surface area contributed by atoms with Crippen LogP contribution in [0, 0.1) is 5.92 Å². The van der Waals surface area contributed by atoms with E-state index in [4.69, 9.17) is 9.47 Å². The summed E-state index contributed by atoms with van der Waals surface area (Å²) in [5, 5.41) is 3.02. The summed E-state index contributed by atoms with van der Waals surface area (Å²) in [6, 6.07) is 9.99. The molecule has 2 amide bonds. The van der Waals surface area contributed by atoms with E-state index in [9.17, 15) is 4.79 Å². The van der Waals surface area contributed by atoms with E-state index in [1.54, 1.807) is 7.11 Å². The van der Waals surface area contributed by atoms with E-state index >= 15 is 0 Å². The lowest BCUT2D eigenvalue weighted by atomic mass is 9.89. The molecule has 5 heteroatoms. The number of carbonyl (C=O) groups excluding carboxylic acids is 1. The van der Waals surface area contributed by atoms with E-state index < -0.39 is 0 Å². The second kappa shape index (κ2) is 7.32. The topological polar surface area (TPSA) is 50.8 Å². The number of hydrogen-bond acceptors (Lipinski definition) is 3. The first-order valence-electron chi connectivity index (χ1n) is 8.43. The van der Waals surface area contributed by atoms with Crippen molar-refractivity contribution < 1.29 is 14.3 Å². The molecule has 0 bridgehead atoms. The van der Waals surface area contributed by atoms with Gasteiger partial charge in [0.15, 0.2) is 0 Å². The highest BCUT2D eigenvalue weighted by Crippen LogP contribution is 2.41. The smallest absolute Gasteiger partial charge is 0.317 e. The first-order valence-corrected chi connectivity index (χ1v) is 8.43. The second-order valence-electron chi connectivity index (χ2n) is 6.52. The van der Waals surface area contributed by atoms with E-state index in [2.05, 4.69) is 5.32 Å². The van der Waals surface area contributed by atoms with Crippen LogP contribution >= 0.6 is 0 Å². The van der Waals surface area contributed by atoms with Crippen LogP contribution in [-0.4, -0.2) is 49.9 Å². The predicted molar refractivity (Wildman–Crippen MR) is 88.2 cm³/mol. The number of nitrogens with zero attached hydrogens (tertiary/aromatic N) is 1. The molecule has 1 aromatic carbocycles. The van der Waals surface area contributed by atoms with E-state index in [1.807, 2.05) is 35.2 Å². The minimum absolute atomic E-state index is 0.000375. The molecule has 1 saturated carbocycles. The van der Waals surface area contributed by atoms with Crippen molar-refractivity contribution in [3.05, 3.63) is 35.9 Å². The van der Waals surface area contributed by atoms with Crippen molar-refractivity contribution in [2.75, 3.05) is 33.4 Å². The summed E-state index contributed by atoms with van der Waals surface area (Å²) in [6.07, 6.45) is 3.28. The number of amides is 2. The zero-order valence-corrected chi connectivity index (χ0v) is 13.8. The Kier molecular flexibility index (Phi) is 5.18. The van der Waals surface area contributed by atoms with Crippen molar-refractivity contribution in [3.63, 3.8) is 0 Å². The molecule has 2 fully saturated rings. The number of carbonyl (C=O) groups is 1. The van der Waals surface area contributed by atoms with Crippen molar-refractivity contribution in [3.8, 4) is 0 Å². The van der Waals surface area contributed by atoms with Crippen LogP contribution in [0.4, 0.5) is 4.79 Å². The minimum atomic E-state index is -0.210. The highest BCUT2D eigenvalue weighted by Gasteiger charge is 2.47. The van der Waals surface area contributed by atoms with Gasteiger partial charge in [-0.3, -0.25) is 0 Å². The molecule has 0 unspecified atom stereocenters. The Balaban J connectivity index is 1.58. The molecule has 5 nitrogen and oxygen atoms in total. The minimum Gasteiger partial charge on any atom is -0.384 e. The number of rotatable bonds is 4. The molecule has 1 aliphatic heterocycles. The Morgan fingerprint density at radius 3 is 3.04 bits per heavy atom. The molecule has 2 aliphatic rings. The van der Waals surface area contributed by atoms with Gasteiger partial charge in [0.1, 0.15) is 0 Å². The molecule has 1 spiro atoms. The Bertz CT molecular complexity index is 522. The number of methoxy groups -OCH3 is 1. The van der Waals surface area contributed by atoms with Crippen LogP contribution in [0.25, 0.3) is 0 Å². The highest BCUT2D eigenvalue weighted by molar-refractivity contribution is 5.74. The van der Waals surface area contributed by atoms with Gasteiger partial charge in [0.2, 0.25) is 0 Å². The van der Waals surface area contributed by atoms with Gasteiger partial charge in [0.25, 0.3) is 0 Å². The fourth-order valence-electron chi connectivity index (χ4n) is 3.81. The van der Waals surface area contributed by atoms with E-state index in [1.165, 1.54) is 0 Å². The second-order valence-corrected chi connectivity index (χ2v) is 6.52. The van der Waals surface area contributed by atoms with Gasteiger partial charge in [0.05, 0.1) is 25.4 Å². The molecule has 0 radical (unpaired) electrons. The predicted octanol–water partition coefficient (Wildman–Crippen LogP) is 2.41. The van der Waals surface area contributed by atoms with Gasteiger partial charge in [-0.05, 0) is 18.4 Å². The zero-order chi connectivity index (χ0) is 16.1. The first kappa shape index (κ1) is 16.3. The third kappa shape index (κ3) is 3.67. The third-order valence-corrected chi connectivity index (χ3v) is 5.05. The fourth-order valence-corrected chi connectivity index (χ4v) is 3.81. The molecular weight excluding hydrogens is 292 g/mol. The largest absolute Gasteiger partial charge is 0.384 e. The van der Waals surface area contributed by atoms with E-state index in [0.29, 0.717) is 38.8 Å². The van der Waals surface area contributed by atoms with Crippen molar-refractivity contribution in [1.82, 2.24) is 10.2 Å². The molecular formula is C18H26N2O3. The molecule has 0 aromatic heterocycles. The number of morpholine rings is 1. The summed E-state index contributed by atoms with van der Waals surface area (Å²) < 4.78 is 11.5. The molecule has 1 saturated heterocycles.